The Morgan fingerprint density at radius 1 is 1.47 bits per heavy atom. The fourth-order valence-electron chi connectivity index (χ4n) is 2.12. The summed E-state index contributed by atoms with van der Waals surface area (Å²) in [4.78, 5) is 11.6. The Balaban J connectivity index is 1.63. The van der Waals surface area contributed by atoms with Crippen molar-refractivity contribution in [1.29, 1.82) is 0 Å². The van der Waals surface area contributed by atoms with Crippen molar-refractivity contribution < 1.29 is 9.53 Å². The zero-order chi connectivity index (χ0) is 13.9. The van der Waals surface area contributed by atoms with Crippen molar-refractivity contribution >= 4 is 11.6 Å². The van der Waals surface area contributed by atoms with Gasteiger partial charge in [0.25, 0.3) is 0 Å². The monoisotopic (exact) mass is 262 g/mol. The highest BCUT2D eigenvalue weighted by Gasteiger charge is 2.45. The molecule has 2 rings (SSSR count). The lowest BCUT2D eigenvalue weighted by atomic mass is 10.1. The second kappa shape index (κ2) is 5.51. The van der Waals surface area contributed by atoms with Crippen molar-refractivity contribution in [1.82, 2.24) is 5.32 Å². The van der Waals surface area contributed by atoms with E-state index < -0.39 is 0 Å². The molecular formula is C15H22N2O2. The maximum absolute atomic E-state index is 11.6. The smallest absolute Gasteiger partial charge is 0.223 e. The Bertz CT molecular complexity index is 457. The summed E-state index contributed by atoms with van der Waals surface area (Å²) in [7, 11) is 0. The molecule has 4 heteroatoms. The Kier molecular flexibility index (Phi) is 3.98. The van der Waals surface area contributed by atoms with Crippen LogP contribution in [0, 0.1) is 11.3 Å². The van der Waals surface area contributed by atoms with Crippen LogP contribution in [0.25, 0.3) is 0 Å². The average Bonchev–Trinajstić information content (AvgIpc) is 2.97. The van der Waals surface area contributed by atoms with Crippen molar-refractivity contribution in [3.05, 3.63) is 24.3 Å². The fourth-order valence-corrected chi connectivity index (χ4v) is 2.12. The number of hydrogen-bond donors (Lipinski definition) is 2. The topological polar surface area (TPSA) is 64.3 Å². The molecule has 0 bridgehead atoms. The van der Waals surface area contributed by atoms with E-state index in [4.69, 9.17) is 10.5 Å². The molecule has 1 fully saturated rings. The van der Waals surface area contributed by atoms with E-state index in [2.05, 4.69) is 19.2 Å². The molecule has 1 amide bonds. The summed E-state index contributed by atoms with van der Waals surface area (Å²) >= 11 is 0. The van der Waals surface area contributed by atoms with E-state index in [-0.39, 0.29) is 5.91 Å². The van der Waals surface area contributed by atoms with E-state index in [0.717, 1.165) is 6.54 Å². The van der Waals surface area contributed by atoms with Gasteiger partial charge in [0.15, 0.2) is 0 Å². The van der Waals surface area contributed by atoms with Gasteiger partial charge in [-0.15, -0.1) is 0 Å². The Morgan fingerprint density at radius 3 is 2.79 bits per heavy atom. The zero-order valence-electron chi connectivity index (χ0n) is 11.6. The van der Waals surface area contributed by atoms with Crippen LogP contribution >= 0.6 is 0 Å². The maximum atomic E-state index is 11.6. The quantitative estimate of drug-likeness (QED) is 0.772. The number of para-hydroxylation sites is 2. The van der Waals surface area contributed by atoms with Crippen LogP contribution in [0.4, 0.5) is 5.69 Å². The third kappa shape index (κ3) is 3.88. The Labute approximate surface area is 114 Å². The molecule has 0 aromatic heterocycles. The minimum absolute atomic E-state index is 0.0391. The van der Waals surface area contributed by atoms with Crippen molar-refractivity contribution in [2.24, 2.45) is 11.3 Å². The summed E-state index contributed by atoms with van der Waals surface area (Å²) in [5, 5.41) is 2.95. The molecule has 0 radical (unpaired) electrons. The van der Waals surface area contributed by atoms with E-state index >= 15 is 0 Å². The van der Waals surface area contributed by atoms with Gasteiger partial charge in [0.05, 0.1) is 18.7 Å². The number of nitrogen functional groups attached to an aromatic ring is 1. The van der Waals surface area contributed by atoms with Gasteiger partial charge in [0, 0.05) is 6.54 Å². The Hall–Kier alpha value is -1.71. The van der Waals surface area contributed by atoms with E-state index in [1.54, 1.807) is 12.1 Å². The van der Waals surface area contributed by atoms with Gasteiger partial charge >= 0.3 is 0 Å². The van der Waals surface area contributed by atoms with E-state index in [1.807, 2.05) is 12.1 Å². The van der Waals surface area contributed by atoms with Crippen LogP contribution in [0.3, 0.4) is 0 Å². The number of anilines is 1. The lowest BCUT2D eigenvalue weighted by Crippen LogP contribution is -2.27. The van der Waals surface area contributed by atoms with E-state index in [0.29, 0.717) is 35.8 Å². The molecule has 1 aliphatic rings. The molecule has 0 heterocycles. The van der Waals surface area contributed by atoms with Gasteiger partial charge in [-0.05, 0) is 29.9 Å². The summed E-state index contributed by atoms with van der Waals surface area (Å²) in [6.07, 6.45) is 1.56. The first-order valence-corrected chi connectivity index (χ1v) is 6.73. The number of carbonyl (C=O) groups is 1. The number of nitrogens with one attached hydrogen (secondary N) is 1. The molecule has 1 aromatic rings. The third-order valence-corrected chi connectivity index (χ3v) is 3.77. The lowest BCUT2D eigenvalue weighted by molar-refractivity contribution is -0.121. The number of ether oxygens (including phenoxy) is 1. The van der Waals surface area contributed by atoms with Crippen LogP contribution in [-0.4, -0.2) is 19.1 Å². The van der Waals surface area contributed by atoms with Crippen molar-refractivity contribution in [2.45, 2.75) is 26.7 Å². The maximum Gasteiger partial charge on any atom is 0.223 e. The molecule has 1 aliphatic carbocycles. The predicted octanol–water partition coefficient (Wildman–Crippen LogP) is 2.20. The van der Waals surface area contributed by atoms with Crippen LogP contribution in [0.1, 0.15) is 26.7 Å². The largest absolute Gasteiger partial charge is 0.491 e. The number of hydrogen-bond acceptors (Lipinski definition) is 3. The van der Waals surface area contributed by atoms with Gasteiger partial charge in [-0.3, -0.25) is 4.79 Å². The van der Waals surface area contributed by atoms with Crippen LogP contribution in [0.15, 0.2) is 24.3 Å². The number of rotatable bonds is 6. The number of nitrogens with two attached hydrogens (primary N) is 1. The third-order valence-electron chi connectivity index (χ3n) is 3.77. The molecule has 1 saturated carbocycles. The molecule has 104 valence electrons. The fraction of sp³-hybridized carbons (Fsp3) is 0.533. The highest BCUT2D eigenvalue weighted by molar-refractivity contribution is 5.76. The highest BCUT2D eigenvalue weighted by Crippen LogP contribution is 2.50. The Morgan fingerprint density at radius 2 is 2.16 bits per heavy atom. The van der Waals surface area contributed by atoms with Crippen molar-refractivity contribution in [3.63, 3.8) is 0 Å². The van der Waals surface area contributed by atoms with Crippen LogP contribution in [0.2, 0.25) is 0 Å². The standard InChI is InChI=1S/C15H22N2O2/c1-15(2)9-11(15)10-17-14(18)7-8-19-13-6-4-3-5-12(13)16/h3-6,11H,7-10,16H2,1-2H3,(H,17,18). The first-order valence-electron chi connectivity index (χ1n) is 6.73. The molecule has 0 saturated heterocycles. The molecular weight excluding hydrogens is 240 g/mol. The summed E-state index contributed by atoms with van der Waals surface area (Å²) in [6, 6.07) is 7.30. The summed E-state index contributed by atoms with van der Waals surface area (Å²) < 4.78 is 5.48. The van der Waals surface area contributed by atoms with E-state index in [1.165, 1.54) is 6.42 Å². The highest BCUT2D eigenvalue weighted by atomic mass is 16.5. The van der Waals surface area contributed by atoms with Gasteiger partial charge in [0.1, 0.15) is 5.75 Å². The predicted molar refractivity (Wildman–Crippen MR) is 75.9 cm³/mol. The van der Waals surface area contributed by atoms with Gasteiger partial charge < -0.3 is 15.8 Å². The molecule has 3 N–H and O–H groups in total. The van der Waals surface area contributed by atoms with Gasteiger partial charge in [-0.1, -0.05) is 26.0 Å². The minimum atomic E-state index is 0.0391. The van der Waals surface area contributed by atoms with Gasteiger partial charge in [-0.2, -0.15) is 0 Å². The molecule has 4 nitrogen and oxygen atoms in total. The molecule has 1 aromatic carbocycles. The number of amides is 1. The second-order valence-corrected chi connectivity index (χ2v) is 5.83. The summed E-state index contributed by atoms with van der Waals surface area (Å²) in [6.45, 7) is 5.59. The SMILES string of the molecule is CC1(C)CC1CNC(=O)CCOc1ccccc1N. The van der Waals surface area contributed by atoms with Crippen LogP contribution < -0.4 is 15.8 Å². The number of benzene rings is 1. The van der Waals surface area contributed by atoms with Crippen molar-refractivity contribution in [2.75, 3.05) is 18.9 Å². The first-order chi connectivity index (χ1) is 8.99. The van der Waals surface area contributed by atoms with E-state index in [9.17, 15) is 4.79 Å². The normalized spacial score (nSPS) is 19.8. The van der Waals surface area contributed by atoms with Gasteiger partial charge in [-0.25, -0.2) is 0 Å². The van der Waals surface area contributed by atoms with Crippen LogP contribution in [0.5, 0.6) is 5.75 Å². The summed E-state index contributed by atoms with van der Waals surface area (Å²) in [5.74, 6) is 1.30. The van der Waals surface area contributed by atoms with Crippen LogP contribution in [-0.2, 0) is 4.79 Å². The number of carbonyl (C=O) groups excluding carboxylic acids is 1. The molecule has 1 atom stereocenters. The second-order valence-electron chi connectivity index (χ2n) is 5.83. The van der Waals surface area contributed by atoms with Crippen molar-refractivity contribution in [3.8, 4) is 5.75 Å². The lowest BCUT2D eigenvalue weighted by Gasteiger charge is -2.09. The first kappa shape index (κ1) is 13.7. The molecule has 0 spiro atoms. The molecule has 0 aliphatic heterocycles. The van der Waals surface area contributed by atoms with Gasteiger partial charge in [0.2, 0.25) is 5.91 Å². The minimum Gasteiger partial charge on any atom is -0.491 e. The zero-order valence-corrected chi connectivity index (χ0v) is 11.6. The summed E-state index contributed by atoms with van der Waals surface area (Å²) in [5.41, 5.74) is 6.75. The molecule has 19 heavy (non-hydrogen) atoms. The molecule has 1 unspecified atom stereocenters. The average molecular weight is 262 g/mol.